The highest BCUT2D eigenvalue weighted by atomic mass is 79.9. The number of amides is 1. The minimum Gasteiger partial charge on any atom is -0.320 e. The van der Waals surface area contributed by atoms with E-state index < -0.39 is 0 Å². The van der Waals surface area contributed by atoms with Crippen molar-refractivity contribution in [2.75, 3.05) is 5.32 Å². The Labute approximate surface area is 127 Å². The first-order chi connectivity index (χ1) is 9.47. The summed E-state index contributed by atoms with van der Waals surface area (Å²) in [6.07, 6.45) is 0. The van der Waals surface area contributed by atoms with E-state index in [4.69, 9.17) is 0 Å². The molecule has 20 heavy (non-hydrogen) atoms. The van der Waals surface area contributed by atoms with Crippen molar-refractivity contribution in [2.45, 2.75) is 26.7 Å². The van der Waals surface area contributed by atoms with Gasteiger partial charge < -0.3 is 5.32 Å². The number of aromatic nitrogens is 1. The van der Waals surface area contributed by atoms with Gasteiger partial charge in [0, 0.05) is 5.56 Å². The quantitative estimate of drug-likeness (QED) is 0.839. The topological polar surface area (TPSA) is 42.0 Å². The second kappa shape index (κ2) is 6.18. The molecular formula is C16H17BrN2O. The zero-order valence-corrected chi connectivity index (χ0v) is 13.4. The third-order valence-corrected chi connectivity index (χ3v) is 3.58. The average molecular weight is 333 g/mol. The molecule has 3 nitrogen and oxygen atoms in total. The summed E-state index contributed by atoms with van der Waals surface area (Å²) in [5.74, 6) is 0.345. The molecule has 1 aromatic heterocycles. The highest BCUT2D eigenvalue weighted by Gasteiger charge is 2.09. The zero-order valence-electron chi connectivity index (χ0n) is 11.8. The summed E-state index contributed by atoms with van der Waals surface area (Å²) < 4.78 is 0.759. The molecule has 0 unspecified atom stereocenters. The number of carbonyl (C=O) groups excluding carboxylic acids is 1. The Hall–Kier alpha value is -1.68. The van der Waals surface area contributed by atoms with Gasteiger partial charge in [0.15, 0.2) is 0 Å². The monoisotopic (exact) mass is 332 g/mol. The van der Waals surface area contributed by atoms with Gasteiger partial charge in [-0.15, -0.1) is 0 Å². The molecule has 0 bridgehead atoms. The molecule has 1 amide bonds. The molecule has 0 radical (unpaired) electrons. The first-order valence-corrected chi connectivity index (χ1v) is 7.31. The number of nitrogens with one attached hydrogen (secondary N) is 1. The molecule has 1 aromatic carbocycles. The number of carbonyl (C=O) groups is 1. The fourth-order valence-electron chi connectivity index (χ4n) is 1.88. The number of nitrogens with zero attached hydrogens (tertiary/aromatic N) is 1. The van der Waals surface area contributed by atoms with Gasteiger partial charge in [-0.05, 0) is 58.6 Å². The first kappa shape index (κ1) is 14.7. The molecule has 0 saturated carbocycles. The van der Waals surface area contributed by atoms with Crippen molar-refractivity contribution < 1.29 is 4.79 Å². The maximum absolute atomic E-state index is 12.2. The van der Waals surface area contributed by atoms with Gasteiger partial charge >= 0.3 is 0 Å². The maximum Gasteiger partial charge on any atom is 0.255 e. The molecule has 0 aliphatic carbocycles. The molecule has 0 saturated heterocycles. The van der Waals surface area contributed by atoms with E-state index in [9.17, 15) is 4.79 Å². The Morgan fingerprint density at radius 3 is 2.35 bits per heavy atom. The summed E-state index contributed by atoms with van der Waals surface area (Å²) in [5, 5.41) is 2.88. The molecule has 4 heteroatoms. The lowest BCUT2D eigenvalue weighted by molar-refractivity contribution is 0.102. The summed E-state index contributed by atoms with van der Waals surface area (Å²) in [6, 6.07) is 11.3. The number of benzene rings is 1. The highest BCUT2D eigenvalue weighted by molar-refractivity contribution is 9.10. The third kappa shape index (κ3) is 3.45. The Morgan fingerprint density at radius 1 is 1.15 bits per heavy atom. The molecule has 0 spiro atoms. The van der Waals surface area contributed by atoms with Crippen LogP contribution in [0.3, 0.4) is 0 Å². The summed E-state index contributed by atoms with van der Waals surface area (Å²) in [4.78, 5) is 16.4. The summed E-state index contributed by atoms with van der Waals surface area (Å²) in [7, 11) is 0. The molecule has 104 valence electrons. The van der Waals surface area contributed by atoms with Gasteiger partial charge in [-0.2, -0.15) is 0 Å². The summed E-state index contributed by atoms with van der Waals surface area (Å²) in [6.45, 7) is 6.13. The Balaban J connectivity index is 2.15. The fraction of sp³-hybridized carbons (Fsp3) is 0.250. The van der Waals surface area contributed by atoms with Crippen LogP contribution in [-0.2, 0) is 0 Å². The zero-order chi connectivity index (χ0) is 14.7. The van der Waals surface area contributed by atoms with Crippen LogP contribution >= 0.6 is 15.9 Å². The van der Waals surface area contributed by atoms with Gasteiger partial charge in [-0.25, -0.2) is 4.98 Å². The van der Waals surface area contributed by atoms with Crippen LogP contribution in [0, 0.1) is 6.92 Å². The number of anilines is 1. The van der Waals surface area contributed by atoms with E-state index in [2.05, 4.69) is 40.1 Å². The lowest BCUT2D eigenvalue weighted by Gasteiger charge is -2.09. The second-order valence-corrected chi connectivity index (χ2v) is 5.81. The molecule has 2 rings (SSSR count). The SMILES string of the molecule is Cc1nc(Br)ccc1NC(=O)c1ccc(C(C)C)cc1. The molecule has 0 aliphatic heterocycles. The molecular weight excluding hydrogens is 316 g/mol. The smallest absolute Gasteiger partial charge is 0.255 e. The Morgan fingerprint density at radius 2 is 1.80 bits per heavy atom. The molecule has 1 N–H and O–H groups in total. The van der Waals surface area contributed by atoms with Crippen LogP contribution in [-0.4, -0.2) is 10.9 Å². The van der Waals surface area contributed by atoms with Gasteiger partial charge in [0.05, 0.1) is 11.4 Å². The van der Waals surface area contributed by atoms with Crippen LogP contribution < -0.4 is 5.32 Å². The van der Waals surface area contributed by atoms with Gasteiger partial charge in [-0.3, -0.25) is 4.79 Å². The van der Waals surface area contributed by atoms with E-state index in [1.54, 1.807) is 0 Å². The van der Waals surface area contributed by atoms with Crippen LogP contribution in [0.5, 0.6) is 0 Å². The number of hydrogen-bond donors (Lipinski definition) is 1. The van der Waals surface area contributed by atoms with Crippen molar-refractivity contribution in [3.05, 3.63) is 57.8 Å². The third-order valence-electron chi connectivity index (χ3n) is 3.14. The number of aryl methyl sites for hydroxylation is 1. The van der Waals surface area contributed by atoms with Crippen LogP contribution in [0.2, 0.25) is 0 Å². The van der Waals surface area contributed by atoms with Gasteiger partial charge in [0.1, 0.15) is 4.60 Å². The Bertz CT molecular complexity index is 621. The molecule has 0 aliphatic rings. The van der Waals surface area contributed by atoms with E-state index >= 15 is 0 Å². The van der Waals surface area contributed by atoms with Crippen molar-refractivity contribution in [1.82, 2.24) is 4.98 Å². The molecule has 2 aromatic rings. The van der Waals surface area contributed by atoms with Crippen molar-refractivity contribution in [1.29, 1.82) is 0 Å². The lowest BCUT2D eigenvalue weighted by atomic mass is 10.0. The highest BCUT2D eigenvalue weighted by Crippen LogP contribution is 2.18. The van der Waals surface area contributed by atoms with Gasteiger partial charge in [0.25, 0.3) is 5.91 Å². The number of pyridine rings is 1. The van der Waals surface area contributed by atoms with E-state index in [1.807, 2.05) is 43.3 Å². The van der Waals surface area contributed by atoms with Crippen molar-refractivity contribution in [2.24, 2.45) is 0 Å². The van der Waals surface area contributed by atoms with Crippen LogP contribution in [0.15, 0.2) is 41.0 Å². The minimum absolute atomic E-state index is 0.118. The first-order valence-electron chi connectivity index (χ1n) is 6.52. The van der Waals surface area contributed by atoms with Crippen LogP contribution in [0.25, 0.3) is 0 Å². The summed E-state index contributed by atoms with van der Waals surface area (Å²) >= 11 is 3.31. The van der Waals surface area contributed by atoms with Gasteiger partial charge in [0.2, 0.25) is 0 Å². The molecule has 1 heterocycles. The van der Waals surface area contributed by atoms with E-state index in [-0.39, 0.29) is 5.91 Å². The number of halogens is 1. The van der Waals surface area contributed by atoms with Crippen LogP contribution in [0.1, 0.15) is 41.4 Å². The van der Waals surface area contributed by atoms with E-state index in [1.165, 1.54) is 5.56 Å². The van der Waals surface area contributed by atoms with Crippen molar-refractivity contribution in [3.8, 4) is 0 Å². The fourth-order valence-corrected chi connectivity index (χ4v) is 2.27. The number of hydrogen-bond acceptors (Lipinski definition) is 2. The second-order valence-electron chi connectivity index (χ2n) is 5.00. The van der Waals surface area contributed by atoms with Crippen molar-refractivity contribution >= 4 is 27.5 Å². The standard InChI is InChI=1S/C16H17BrN2O/c1-10(2)12-4-6-13(7-5-12)16(20)19-14-8-9-15(17)18-11(14)3/h4-10H,1-3H3,(H,19,20). The largest absolute Gasteiger partial charge is 0.320 e. The molecule has 0 fully saturated rings. The van der Waals surface area contributed by atoms with E-state index in [0.717, 1.165) is 16.0 Å². The minimum atomic E-state index is -0.118. The Kier molecular flexibility index (Phi) is 4.55. The lowest BCUT2D eigenvalue weighted by Crippen LogP contribution is -2.13. The molecule has 0 atom stereocenters. The normalized spacial score (nSPS) is 10.7. The predicted molar refractivity (Wildman–Crippen MR) is 85.2 cm³/mol. The van der Waals surface area contributed by atoms with Gasteiger partial charge in [-0.1, -0.05) is 26.0 Å². The summed E-state index contributed by atoms with van der Waals surface area (Å²) in [5.41, 5.74) is 3.39. The average Bonchev–Trinajstić information content (AvgIpc) is 2.42. The maximum atomic E-state index is 12.2. The van der Waals surface area contributed by atoms with Crippen molar-refractivity contribution in [3.63, 3.8) is 0 Å². The van der Waals surface area contributed by atoms with E-state index in [0.29, 0.717) is 11.5 Å². The van der Waals surface area contributed by atoms with Crippen LogP contribution in [0.4, 0.5) is 5.69 Å². The number of rotatable bonds is 3. The predicted octanol–water partition coefficient (Wildman–Crippen LogP) is 4.53.